The van der Waals surface area contributed by atoms with Gasteiger partial charge in [0.25, 0.3) is 0 Å². The van der Waals surface area contributed by atoms with Crippen LogP contribution in [0.25, 0.3) is 0 Å². The Balaban J connectivity index is 1.85. The number of carbonyl (C=O) groups excluding carboxylic acids is 1. The maximum Gasteiger partial charge on any atom is 0.223 e. The fraction of sp³-hybridized carbons (Fsp3) is 0.533. The number of amides is 1. The molecule has 0 bridgehead atoms. The molecule has 104 valence electrons. The van der Waals surface area contributed by atoms with Crippen molar-refractivity contribution in [1.82, 2.24) is 4.90 Å². The number of piperidine rings is 1. The van der Waals surface area contributed by atoms with Gasteiger partial charge in [-0.25, -0.2) is 4.39 Å². The third-order valence-corrected chi connectivity index (χ3v) is 3.78. The Kier molecular flexibility index (Phi) is 4.53. The summed E-state index contributed by atoms with van der Waals surface area (Å²) in [6.45, 7) is 2.80. The van der Waals surface area contributed by atoms with Crippen molar-refractivity contribution in [3.8, 4) is 0 Å². The van der Waals surface area contributed by atoms with Crippen molar-refractivity contribution in [3.63, 3.8) is 0 Å². The number of halogens is 1. The third-order valence-electron chi connectivity index (χ3n) is 3.78. The van der Waals surface area contributed by atoms with Gasteiger partial charge >= 0.3 is 0 Å². The molecule has 0 aromatic heterocycles. The van der Waals surface area contributed by atoms with Crippen molar-refractivity contribution in [2.24, 2.45) is 5.73 Å². The smallest absolute Gasteiger partial charge is 0.223 e. The molecule has 1 aliphatic heterocycles. The predicted molar refractivity (Wildman–Crippen MR) is 73.1 cm³/mol. The van der Waals surface area contributed by atoms with Crippen LogP contribution in [-0.4, -0.2) is 29.4 Å². The standard InChI is InChI=1S/C15H21FN2O/c1-11-10-14(17)8-9-18(11)15(19)7-4-12-2-5-13(16)6-3-12/h2-3,5-6,11,14H,4,7-10,17H2,1H3/t11-,14-/m0/s1. The second kappa shape index (κ2) is 6.15. The summed E-state index contributed by atoms with van der Waals surface area (Å²) in [7, 11) is 0. The van der Waals surface area contributed by atoms with Gasteiger partial charge in [0.15, 0.2) is 0 Å². The number of nitrogens with zero attached hydrogens (tertiary/aromatic N) is 1. The predicted octanol–water partition coefficient (Wildman–Crippen LogP) is 2.10. The zero-order chi connectivity index (χ0) is 13.8. The van der Waals surface area contributed by atoms with E-state index in [4.69, 9.17) is 5.73 Å². The minimum atomic E-state index is -0.242. The largest absolute Gasteiger partial charge is 0.340 e. The van der Waals surface area contributed by atoms with E-state index in [1.807, 2.05) is 4.90 Å². The van der Waals surface area contributed by atoms with E-state index in [0.29, 0.717) is 12.8 Å². The molecule has 1 aliphatic rings. The van der Waals surface area contributed by atoms with Gasteiger partial charge in [0, 0.05) is 25.0 Å². The third kappa shape index (κ3) is 3.77. The maximum atomic E-state index is 12.8. The van der Waals surface area contributed by atoms with E-state index in [0.717, 1.165) is 24.9 Å². The maximum absolute atomic E-state index is 12.8. The Labute approximate surface area is 113 Å². The van der Waals surface area contributed by atoms with Gasteiger partial charge in [-0.05, 0) is 43.9 Å². The summed E-state index contributed by atoms with van der Waals surface area (Å²) < 4.78 is 12.8. The van der Waals surface area contributed by atoms with Gasteiger partial charge in [-0.2, -0.15) is 0 Å². The molecule has 3 nitrogen and oxygen atoms in total. The molecule has 0 saturated carbocycles. The lowest BCUT2D eigenvalue weighted by molar-refractivity contribution is -0.134. The first-order valence-electron chi connectivity index (χ1n) is 6.86. The number of benzene rings is 1. The first-order valence-corrected chi connectivity index (χ1v) is 6.86. The summed E-state index contributed by atoms with van der Waals surface area (Å²) in [4.78, 5) is 14.1. The molecule has 2 N–H and O–H groups in total. The molecule has 19 heavy (non-hydrogen) atoms. The van der Waals surface area contributed by atoms with Crippen LogP contribution in [0.3, 0.4) is 0 Å². The molecule has 2 rings (SSSR count). The van der Waals surface area contributed by atoms with Crippen molar-refractivity contribution < 1.29 is 9.18 Å². The number of aryl methyl sites for hydroxylation is 1. The lowest BCUT2D eigenvalue weighted by atomic mass is 9.98. The molecular weight excluding hydrogens is 243 g/mol. The second-order valence-corrected chi connectivity index (χ2v) is 5.35. The van der Waals surface area contributed by atoms with E-state index >= 15 is 0 Å². The van der Waals surface area contributed by atoms with Crippen LogP contribution in [0.1, 0.15) is 31.7 Å². The molecule has 1 heterocycles. The highest BCUT2D eigenvalue weighted by Gasteiger charge is 2.26. The van der Waals surface area contributed by atoms with Crippen LogP contribution in [-0.2, 0) is 11.2 Å². The van der Waals surface area contributed by atoms with Crippen LogP contribution in [0.5, 0.6) is 0 Å². The number of carbonyl (C=O) groups is 1. The number of nitrogens with two attached hydrogens (primary N) is 1. The van der Waals surface area contributed by atoms with Crippen molar-refractivity contribution >= 4 is 5.91 Å². The Hall–Kier alpha value is -1.42. The molecule has 1 fully saturated rings. The summed E-state index contributed by atoms with van der Waals surface area (Å²) in [5, 5.41) is 0. The number of hydrogen-bond donors (Lipinski definition) is 1. The molecule has 1 amide bonds. The Bertz CT molecular complexity index is 432. The van der Waals surface area contributed by atoms with E-state index in [1.54, 1.807) is 12.1 Å². The van der Waals surface area contributed by atoms with Gasteiger partial charge in [-0.15, -0.1) is 0 Å². The molecular formula is C15H21FN2O. The van der Waals surface area contributed by atoms with Crippen molar-refractivity contribution in [2.45, 2.75) is 44.7 Å². The van der Waals surface area contributed by atoms with Crippen molar-refractivity contribution in [2.75, 3.05) is 6.54 Å². The molecule has 4 heteroatoms. The topological polar surface area (TPSA) is 46.3 Å². The number of likely N-dealkylation sites (tertiary alicyclic amines) is 1. The van der Waals surface area contributed by atoms with Crippen LogP contribution in [0, 0.1) is 5.82 Å². The van der Waals surface area contributed by atoms with Crippen molar-refractivity contribution in [3.05, 3.63) is 35.6 Å². The fourth-order valence-corrected chi connectivity index (χ4v) is 2.62. The quantitative estimate of drug-likeness (QED) is 0.908. The summed E-state index contributed by atoms with van der Waals surface area (Å²) in [5.41, 5.74) is 6.89. The zero-order valence-corrected chi connectivity index (χ0v) is 11.3. The van der Waals surface area contributed by atoms with Crippen LogP contribution in [0.4, 0.5) is 4.39 Å². The molecule has 0 aliphatic carbocycles. The Morgan fingerprint density at radius 2 is 2.11 bits per heavy atom. The highest BCUT2D eigenvalue weighted by Crippen LogP contribution is 2.17. The number of hydrogen-bond acceptors (Lipinski definition) is 2. The zero-order valence-electron chi connectivity index (χ0n) is 11.3. The summed E-state index contributed by atoms with van der Waals surface area (Å²) in [6.07, 6.45) is 2.90. The van der Waals surface area contributed by atoms with Crippen LogP contribution >= 0.6 is 0 Å². The number of rotatable bonds is 3. The average molecular weight is 264 g/mol. The Morgan fingerprint density at radius 1 is 1.42 bits per heavy atom. The van der Waals surface area contributed by atoms with Gasteiger partial charge < -0.3 is 10.6 Å². The van der Waals surface area contributed by atoms with E-state index in [9.17, 15) is 9.18 Å². The minimum absolute atomic E-state index is 0.170. The first-order chi connectivity index (χ1) is 9.06. The van der Waals surface area contributed by atoms with Gasteiger partial charge in [-0.3, -0.25) is 4.79 Å². The van der Waals surface area contributed by atoms with E-state index in [2.05, 4.69) is 6.92 Å². The monoisotopic (exact) mass is 264 g/mol. The van der Waals surface area contributed by atoms with Crippen LogP contribution < -0.4 is 5.73 Å². The molecule has 1 saturated heterocycles. The molecule has 2 atom stereocenters. The van der Waals surface area contributed by atoms with Gasteiger partial charge in [0.05, 0.1) is 0 Å². The van der Waals surface area contributed by atoms with Gasteiger partial charge in [0.1, 0.15) is 5.82 Å². The lowest BCUT2D eigenvalue weighted by Gasteiger charge is -2.36. The lowest BCUT2D eigenvalue weighted by Crippen LogP contribution is -2.48. The fourth-order valence-electron chi connectivity index (χ4n) is 2.62. The van der Waals surface area contributed by atoms with Gasteiger partial charge in [0.2, 0.25) is 5.91 Å². The van der Waals surface area contributed by atoms with Crippen LogP contribution in [0.15, 0.2) is 24.3 Å². The highest BCUT2D eigenvalue weighted by molar-refractivity contribution is 5.76. The molecule has 1 aromatic carbocycles. The van der Waals surface area contributed by atoms with Gasteiger partial charge in [-0.1, -0.05) is 12.1 Å². The van der Waals surface area contributed by atoms with E-state index < -0.39 is 0 Å². The van der Waals surface area contributed by atoms with Crippen molar-refractivity contribution in [1.29, 1.82) is 0 Å². The summed E-state index contributed by atoms with van der Waals surface area (Å²) in [5.74, 6) is -0.0718. The van der Waals surface area contributed by atoms with E-state index in [1.165, 1.54) is 12.1 Å². The normalized spacial score (nSPS) is 23.4. The van der Waals surface area contributed by atoms with E-state index in [-0.39, 0.29) is 23.8 Å². The first kappa shape index (κ1) is 14.0. The summed E-state index contributed by atoms with van der Waals surface area (Å²) in [6, 6.07) is 6.78. The Morgan fingerprint density at radius 3 is 2.74 bits per heavy atom. The molecule has 1 aromatic rings. The van der Waals surface area contributed by atoms with Crippen LogP contribution in [0.2, 0.25) is 0 Å². The highest BCUT2D eigenvalue weighted by atomic mass is 19.1. The summed E-state index contributed by atoms with van der Waals surface area (Å²) >= 11 is 0. The SMILES string of the molecule is C[C@H]1C[C@@H](N)CCN1C(=O)CCc1ccc(F)cc1. The molecule has 0 unspecified atom stereocenters. The molecule has 0 radical (unpaired) electrons. The average Bonchev–Trinajstić information content (AvgIpc) is 2.37. The molecule has 0 spiro atoms. The second-order valence-electron chi connectivity index (χ2n) is 5.35. The minimum Gasteiger partial charge on any atom is -0.340 e.